The second-order valence-electron chi connectivity index (χ2n) is 4.50. The van der Waals surface area contributed by atoms with Gasteiger partial charge in [0.15, 0.2) is 0 Å². The van der Waals surface area contributed by atoms with Crippen molar-refractivity contribution < 1.29 is 4.79 Å². The third-order valence-corrected chi connectivity index (χ3v) is 3.25. The third-order valence-electron chi connectivity index (χ3n) is 3.25. The summed E-state index contributed by atoms with van der Waals surface area (Å²) in [6, 6.07) is 0. The average molecular weight is 199 g/mol. The third kappa shape index (κ3) is 2.96. The molecule has 0 aromatic rings. The van der Waals surface area contributed by atoms with Gasteiger partial charge >= 0.3 is 0 Å². The molecule has 0 radical (unpaired) electrons. The second-order valence-corrected chi connectivity index (χ2v) is 4.50. The highest BCUT2D eigenvalue weighted by atomic mass is 16.1. The number of carbonyl (C=O) groups is 1. The first-order valence-electron chi connectivity index (χ1n) is 5.25. The lowest BCUT2D eigenvalue weighted by Crippen LogP contribution is -2.36. The first-order valence-corrected chi connectivity index (χ1v) is 5.25. The minimum atomic E-state index is -0.222. The van der Waals surface area contributed by atoms with Crippen LogP contribution in [0.3, 0.4) is 0 Å². The number of likely N-dealkylation sites (tertiary alicyclic amines) is 1. The Kier molecular flexibility index (Phi) is 3.89. The van der Waals surface area contributed by atoms with Gasteiger partial charge < -0.3 is 16.4 Å². The lowest BCUT2D eigenvalue weighted by molar-refractivity contribution is -0.120. The molecule has 0 aromatic carbocycles. The van der Waals surface area contributed by atoms with Gasteiger partial charge in [-0.05, 0) is 51.4 Å². The number of primary amides is 1. The molecular weight excluding hydrogens is 178 g/mol. The van der Waals surface area contributed by atoms with Crippen molar-refractivity contribution >= 4 is 5.91 Å². The largest absolute Gasteiger partial charge is 0.370 e. The van der Waals surface area contributed by atoms with Crippen molar-refractivity contribution in [1.82, 2.24) is 4.90 Å². The fourth-order valence-electron chi connectivity index (χ4n) is 2.21. The maximum atomic E-state index is 11.0. The summed E-state index contributed by atoms with van der Waals surface area (Å²) in [5.74, 6) is -0.222. The van der Waals surface area contributed by atoms with Crippen LogP contribution in [0.2, 0.25) is 0 Å². The summed E-state index contributed by atoms with van der Waals surface area (Å²) in [6.45, 7) is 2.69. The van der Waals surface area contributed by atoms with Crippen LogP contribution in [0.4, 0.5) is 0 Å². The maximum Gasteiger partial charge on any atom is 0.218 e. The van der Waals surface area contributed by atoms with Crippen LogP contribution in [0, 0.1) is 5.41 Å². The van der Waals surface area contributed by atoms with E-state index in [4.69, 9.17) is 11.5 Å². The number of rotatable bonds is 3. The van der Waals surface area contributed by atoms with Crippen molar-refractivity contribution in [2.75, 3.05) is 26.7 Å². The summed E-state index contributed by atoms with van der Waals surface area (Å²) < 4.78 is 0. The van der Waals surface area contributed by atoms with Crippen molar-refractivity contribution in [2.24, 2.45) is 16.9 Å². The van der Waals surface area contributed by atoms with E-state index in [9.17, 15) is 4.79 Å². The zero-order valence-electron chi connectivity index (χ0n) is 8.96. The van der Waals surface area contributed by atoms with Gasteiger partial charge in [0.2, 0.25) is 5.91 Å². The van der Waals surface area contributed by atoms with Crippen LogP contribution in [-0.4, -0.2) is 37.5 Å². The normalized spacial score (nSPS) is 29.9. The van der Waals surface area contributed by atoms with Gasteiger partial charge in [0.05, 0.1) is 0 Å². The number of hydrogen-bond donors (Lipinski definition) is 2. The standard InChI is InChI=1S/C10H21N3O/c1-13-5-2-3-10(8-11,4-6-13)7-9(12)14/h2-8,11H2,1H3,(H2,12,14). The molecule has 4 N–H and O–H groups in total. The molecule has 0 aromatic heterocycles. The van der Waals surface area contributed by atoms with Crippen molar-refractivity contribution in [3.63, 3.8) is 0 Å². The van der Waals surface area contributed by atoms with E-state index in [1.807, 2.05) is 0 Å². The molecule has 1 fully saturated rings. The first kappa shape index (κ1) is 11.5. The highest BCUT2D eigenvalue weighted by Gasteiger charge is 2.32. The zero-order valence-corrected chi connectivity index (χ0v) is 8.96. The van der Waals surface area contributed by atoms with E-state index in [2.05, 4.69) is 11.9 Å². The molecule has 14 heavy (non-hydrogen) atoms. The summed E-state index contributed by atoms with van der Waals surface area (Å²) in [5.41, 5.74) is 11.0. The highest BCUT2D eigenvalue weighted by Crippen LogP contribution is 2.33. The van der Waals surface area contributed by atoms with Crippen LogP contribution in [0.5, 0.6) is 0 Å². The van der Waals surface area contributed by atoms with Crippen molar-refractivity contribution in [3.05, 3.63) is 0 Å². The molecule has 1 aliphatic heterocycles. The molecule has 4 nitrogen and oxygen atoms in total. The average Bonchev–Trinajstić information content (AvgIpc) is 2.29. The first-order chi connectivity index (χ1) is 6.58. The summed E-state index contributed by atoms with van der Waals surface area (Å²) in [6.07, 6.45) is 3.57. The van der Waals surface area contributed by atoms with Gasteiger partial charge in [-0.2, -0.15) is 0 Å². The molecule has 1 heterocycles. The molecule has 1 saturated heterocycles. The monoisotopic (exact) mass is 199 g/mol. The lowest BCUT2D eigenvalue weighted by atomic mass is 9.77. The van der Waals surface area contributed by atoms with Crippen molar-refractivity contribution in [1.29, 1.82) is 0 Å². The SMILES string of the molecule is CN1CCCC(CN)(CC(N)=O)CC1. The smallest absolute Gasteiger partial charge is 0.218 e. The summed E-state index contributed by atoms with van der Waals surface area (Å²) in [4.78, 5) is 13.3. The van der Waals surface area contributed by atoms with Gasteiger partial charge in [0, 0.05) is 6.42 Å². The Balaban J connectivity index is 2.62. The van der Waals surface area contributed by atoms with Crippen LogP contribution >= 0.6 is 0 Å². The van der Waals surface area contributed by atoms with Gasteiger partial charge in [0.1, 0.15) is 0 Å². The van der Waals surface area contributed by atoms with Crippen molar-refractivity contribution in [2.45, 2.75) is 25.7 Å². The minimum Gasteiger partial charge on any atom is -0.370 e. The molecule has 82 valence electrons. The number of nitrogens with two attached hydrogens (primary N) is 2. The van der Waals surface area contributed by atoms with Crippen LogP contribution < -0.4 is 11.5 Å². The summed E-state index contributed by atoms with van der Waals surface area (Å²) >= 11 is 0. The Hall–Kier alpha value is -0.610. The highest BCUT2D eigenvalue weighted by molar-refractivity contribution is 5.74. The molecular formula is C10H21N3O. The van der Waals surface area contributed by atoms with E-state index >= 15 is 0 Å². The van der Waals surface area contributed by atoms with E-state index in [0.29, 0.717) is 13.0 Å². The van der Waals surface area contributed by atoms with Crippen LogP contribution in [0.15, 0.2) is 0 Å². The molecule has 1 aliphatic rings. The molecule has 1 amide bonds. The van der Waals surface area contributed by atoms with Crippen LogP contribution in [-0.2, 0) is 4.79 Å². The fourth-order valence-corrected chi connectivity index (χ4v) is 2.21. The zero-order chi connectivity index (χ0) is 10.6. The van der Waals surface area contributed by atoms with E-state index in [-0.39, 0.29) is 11.3 Å². The number of carbonyl (C=O) groups excluding carboxylic acids is 1. The van der Waals surface area contributed by atoms with Gasteiger partial charge in [-0.15, -0.1) is 0 Å². The number of hydrogen-bond acceptors (Lipinski definition) is 3. The molecule has 0 bridgehead atoms. The van der Waals surface area contributed by atoms with Gasteiger partial charge in [-0.1, -0.05) is 0 Å². The van der Waals surface area contributed by atoms with Crippen LogP contribution in [0.1, 0.15) is 25.7 Å². The predicted molar refractivity (Wildman–Crippen MR) is 56.6 cm³/mol. The van der Waals surface area contributed by atoms with Gasteiger partial charge in [-0.3, -0.25) is 4.79 Å². The molecule has 1 rings (SSSR count). The fraction of sp³-hybridized carbons (Fsp3) is 0.900. The molecule has 0 spiro atoms. The predicted octanol–water partition coefficient (Wildman–Crippen LogP) is -0.0774. The molecule has 0 saturated carbocycles. The molecule has 1 unspecified atom stereocenters. The molecule has 1 atom stereocenters. The second kappa shape index (κ2) is 4.75. The lowest BCUT2D eigenvalue weighted by Gasteiger charge is -2.29. The number of nitrogens with zero attached hydrogens (tertiary/aromatic N) is 1. The van der Waals surface area contributed by atoms with E-state index in [1.54, 1.807) is 0 Å². The Morgan fingerprint density at radius 1 is 1.43 bits per heavy atom. The number of amides is 1. The Bertz CT molecular complexity index is 208. The Morgan fingerprint density at radius 2 is 2.14 bits per heavy atom. The Morgan fingerprint density at radius 3 is 2.71 bits per heavy atom. The van der Waals surface area contributed by atoms with E-state index < -0.39 is 0 Å². The van der Waals surface area contributed by atoms with Gasteiger partial charge in [-0.25, -0.2) is 0 Å². The minimum absolute atomic E-state index is 0.0312. The topological polar surface area (TPSA) is 72.3 Å². The van der Waals surface area contributed by atoms with Crippen molar-refractivity contribution in [3.8, 4) is 0 Å². The van der Waals surface area contributed by atoms with E-state index in [1.165, 1.54) is 0 Å². The molecule has 0 aliphatic carbocycles. The van der Waals surface area contributed by atoms with E-state index in [0.717, 1.165) is 32.4 Å². The van der Waals surface area contributed by atoms with Gasteiger partial charge in [0.25, 0.3) is 0 Å². The Labute approximate surface area is 85.6 Å². The molecule has 4 heteroatoms. The quantitative estimate of drug-likeness (QED) is 0.668. The maximum absolute atomic E-state index is 11.0. The van der Waals surface area contributed by atoms with Crippen LogP contribution in [0.25, 0.3) is 0 Å². The summed E-state index contributed by atoms with van der Waals surface area (Å²) in [5, 5.41) is 0. The summed E-state index contributed by atoms with van der Waals surface area (Å²) in [7, 11) is 2.11.